The second-order valence-electron chi connectivity index (χ2n) is 23.4. The van der Waals surface area contributed by atoms with Gasteiger partial charge in [0, 0.05) is 54.2 Å². The summed E-state index contributed by atoms with van der Waals surface area (Å²) in [7, 11) is 8.17. The zero-order valence-corrected chi connectivity index (χ0v) is 59.6. The zero-order chi connectivity index (χ0) is 68.6. The molecule has 0 fully saturated rings. The molecule has 102 heavy (non-hydrogen) atoms. The lowest BCUT2D eigenvalue weighted by Gasteiger charge is -2.35. The van der Waals surface area contributed by atoms with Gasteiger partial charge in [-0.3, -0.25) is 9.83 Å². The van der Waals surface area contributed by atoms with Crippen LogP contribution in [0.2, 0.25) is 0 Å². The summed E-state index contributed by atoms with van der Waals surface area (Å²) in [5.41, 5.74) is 10.6. The normalized spacial score (nSPS) is 15.5. The SMILES string of the molecule is C.C.COc1ccc(CN2C(c3ccc(-n4cnc(C)c4)c(OC)n3)=NOC[C@@H]2c2cc3ccccc3s2)cc1.COc1ccc(CN2C(c3ccc(Br)c(OC)n3)=NOC[C@@H]2c2cc3ccccc3s2)cc1.COc1nc(C2=N[C@@H](c3cc4ccccc4s3)CON2)ccc1-n1cnc(C)c1. The number of hydroxylamine groups is 1. The lowest BCUT2D eigenvalue weighted by atomic mass is 10.1. The summed E-state index contributed by atoms with van der Waals surface area (Å²) in [4.78, 5) is 52.9. The molecule has 13 aromatic rings. The molecule has 5 aromatic carbocycles. The van der Waals surface area contributed by atoms with E-state index in [1.54, 1.807) is 82.2 Å². The summed E-state index contributed by atoms with van der Waals surface area (Å²) in [6, 6.07) is 59.5. The van der Waals surface area contributed by atoms with Crippen LogP contribution in [0, 0.1) is 13.8 Å². The first-order chi connectivity index (χ1) is 49.0. The molecule has 25 heteroatoms. The molecule has 0 radical (unpaired) electrons. The first-order valence-corrected chi connectivity index (χ1v) is 35.2. The molecule has 0 aliphatic carbocycles. The van der Waals surface area contributed by atoms with Gasteiger partial charge in [0.15, 0.2) is 17.5 Å². The summed E-state index contributed by atoms with van der Waals surface area (Å²) in [5, 5.41) is 12.6. The number of amidine groups is 3. The topological polar surface area (TPSA) is 204 Å². The highest BCUT2D eigenvalue weighted by atomic mass is 79.9. The first-order valence-electron chi connectivity index (χ1n) is 31.9. The van der Waals surface area contributed by atoms with E-state index >= 15 is 0 Å². The molecule has 0 amide bonds. The third kappa shape index (κ3) is 15.6. The molecule has 0 saturated heterocycles. The number of benzene rings is 5. The van der Waals surface area contributed by atoms with Gasteiger partial charge < -0.3 is 52.3 Å². The number of hydrogen-bond acceptors (Lipinski definition) is 22. The minimum absolute atomic E-state index is 0. The van der Waals surface area contributed by atoms with Crippen molar-refractivity contribution in [2.45, 2.75) is 59.9 Å². The average Bonchev–Trinajstić information content (AvgIpc) is 1.38. The lowest BCUT2D eigenvalue weighted by Crippen LogP contribution is -2.40. The van der Waals surface area contributed by atoms with E-state index in [0.29, 0.717) is 85.1 Å². The van der Waals surface area contributed by atoms with Crippen LogP contribution in [-0.2, 0) is 27.6 Å². The van der Waals surface area contributed by atoms with Crippen LogP contribution in [0.15, 0.2) is 221 Å². The molecular weight excluding hydrogens is 1410 g/mol. The van der Waals surface area contributed by atoms with E-state index in [2.05, 4.69) is 171 Å². The third-order valence-electron chi connectivity index (χ3n) is 16.9. The van der Waals surface area contributed by atoms with Gasteiger partial charge in [-0.25, -0.2) is 30.4 Å². The minimum atomic E-state index is -0.0765. The Morgan fingerprint density at radius 1 is 0.480 bits per heavy atom. The van der Waals surface area contributed by atoms with E-state index in [0.717, 1.165) is 49.9 Å². The summed E-state index contributed by atoms with van der Waals surface area (Å²) >= 11 is 8.78. The fourth-order valence-corrected chi connectivity index (χ4v) is 15.6. The fourth-order valence-electron chi connectivity index (χ4n) is 11.8. The van der Waals surface area contributed by atoms with Gasteiger partial charge in [-0.2, -0.15) is 0 Å². The van der Waals surface area contributed by atoms with Gasteiger partial charge in [0.25, 0.3) is 0 Å². The van der Waals surface area contributed by atoms with Crippen LogP contribution in [-0.4, -0.2) is 117 Å². The Labute approximate surface area is 612 Å². The van der Waals surface area contributed by atoms with E-state index in [9.17, 15) is 0 Å². The van der Waals surface area contributed by atoms with Crippen LogP contribution < -0.4 is 29.2 Å². The van der Waals surface area contributed by atoms with Crippen molar-refractivity contribution in [3.05, 3.63) is 260 Å². The summed E-state index contributed by atoms with van der Waals surface area (Å²) in [6.07, 6.45) is 7.36. The van der Waals surface area contributed by atoms with Crippen LogP contribution in [0.1, 0.15) is 87.2 Å². The number of thiophene rings is 3. The molecule has 21 nitrogen and oxygen atoms in total. The molecule has 3 atom stereocenters. The van der Waals surface area contributed by atoms with E-state index in [1.165, 1.54) is 44.9 Å². The number of aryl methyl sites for hydroxylation is 2. The largest absolute Gasteiger partial charge is 0.497 e. The summed E-state index contributed by atoms with van der Waals surface area (Å²) < 4.78 is 35.6. The molecule has 0 saturated carbocycles. The fraction of sp³-hybridized carbons (Fsp3) is 0.221. The van der Waals surface area contributed by atoms with Crippen LogP contribution >= 0.6 is 49.9 Å². The number of nitrogens with one attached hydrogen (secondary N) is 1. The molecule has 8 aromatic heterocycles. The number of fused-ring (bicyclic) bond motifs is 3. The Hall–Kier alpha value is -10.7. The van der Waals surface area contributed by atoms with Crippen LogP contribution in [0.25, 0.3) is 41.6 Å². The van der Waals surface area contributed by atoms with Gasteiger partial charge >= 0.3 is 0 Å². The van der Waals surface area contributed by atoms with Crippen molar-refractivity contribution in [3.8, 4) is 40.5 Å². The molecular formula is C77H76BrN13O8S3. The Morgan fingerprint density at radius 2 is 0.902 bits per heavy atom. The zero-order valence-electron chi connectivity index (χ0n) is 55.6. The van der Waals surface area contributed by atoms with E-state index < -0.39 is 0 Å². The second kappa shape index (κ2) is 32.3. The quantitative estimate of drug-likeness (QED) is 0.0900. The van der Waals surface area contributed by atoms with Gasteiger partial charge in [0.1, 0.15) is 77.9 Å². The summed E-state index contributed by atoms with van der Waals surface area (Å²) in [6.45, 7) is 6.53. The highest BCUT2D eigenvalue weighted by Gasteiger charge is 2.35. The van der Waals surface area contributed by atoms with Crippen molar-refractivity contribution in [3.63, 3.8) is 0 Å². The number of nitrogens with zero attached hydrogens (tertiary/aromatic N) is 12. The third-order valence-corrected chi connectivity index (χ3v) is 21.1. The highest BCUT2D eigenvalue weighted by molar-refractivity contribution is 9.10. The maximum Gasteiger partial charge on any atom is 0.238 e. The van der Waals surface area contributed by atoms with Crippen molar-refractivity contribution in [2.24, 2.45) is 15.3 Å². The van der Waals surface area contributed by atoms with Crippen LogP contribution in [0.5, 0.6) is 29.1 Å². The number of halogens is 1. The predicted molar refractivity (Wildman–Crippen MR) is 409 cm³/mol. The molecule has 0 bridgehead atoms. The van der Waals surface area contributed by atoms with Gasteiger partial charge in [-0.15, -0.1) is 34.0 Å². The Bertz CT molecular complexity index is 5030. The van der Waals surface area contributed by atoms with Crippen molar-refractivity contribution in [1.82, 2.24) is 49.3 Å². The van der Waals surface area contributed by atoms with Crippen molar-refractivity contribution in [1.29, 1.82) is 0 Å². The number of methoxy groups -OCH3 is 5. The van der Waals surface area contributed by atoms with Crippen LogP contribution in [0.3, 0.4) is 0 Å². The molecule has 0 spiro atoms. The molecule has 11 heterocycles. The number of pyridine rings is 3. The molecule has 3 aliphatic heterocycles. The number of oxime groups is 2. The number of rotatable bonds is 17. The van der Waals surface area contributed by atoms with Gasteiger partial charge in [0.05, 0.1) is 64.1 Å². The van der Waals surface area contributed by atoms with Gasteiger partial charge in [-0.05, 0) is 154 Å². The maximum absolute atomic E-state index is 5.83. The Kier molecular flexibility index (Phi) is 22.5. The standard InChI is InChI=1S/C29H27N5O3S.C25H22BrN3O3S.C21H19N5O2S.2CH4/c1-19-15-33(18-30-19)24-13-12-23(31-29(24)36-3)28-32-37-17-25(27-14-21-6-4-5-7-26(21)38-27)34(28)16-20-8-10-22(35-2)11-9-20;1-30-18-9-7-16(8-10-18)14-29-21(23-13-17-5-3-4-6-22(17)33-23)15-32-28-24(29)20-12-11-19(26)25(27-20)31-2;1-13-10-26(12-22-13)17-8-7-15(24-21(17)27-2)20-23-16(11-28-25-20)19-9-14-5-3-4-6-18(14)29-19;;/h4-15,18,25H,16-17H2,1-3H3;3-13,21H,14-15H2,1-2H3;3-10,12,16H,11H2,1-2H3,(H,23,25);2*1H4/t25-;21-;16-;;/m111../s1. The first kappa shape index (κ1) is 71.1. The molecule has 1 N–H and O–H groups in total. The summed E-state index contributed by atoms with van der Waals surface area (Å²) in [5.74, 6) is 5.04. The van der Waals surface area contributed by atoms with Gasteiger partial charge in [0.2, 0.25) is 17.6 Å². The Balaban J connectivity index is 0.000000144. The maximum atomic E-state index is 5.83. The average molecular weight is 1490 g/mol. The van der Waals surface area contributed by atoms with E-state index in [4.69, 9.17) is 48.2 Å². The molecule has 0 unspecified atom stereocenters. The number of hydrogen-bond donors (Lipinski definition) is 1. The van der Waals surface area contributed by atoms with Crippen LogP contribution in [0.4, 0.5) is 0 Å². The monoisotopic (exact) mass is 1490 g/mol. The minimum Gasteiger partial charge on any atom is -0.497 e. The van der Waals surface area contributed by atoms with Gasteiger partial charge in [-0.1, -0.05) is 104 Å². The number of imidazole rings is 2. The molecule has 16 rings (SSSR count). The van der Waals surface area contributed by atoms with Crippen molar-refractivity contribution >= 4 is 97.7 Å². The number of aliphatic imine (C=N–C) groups is 1. The van der Waals surface area contributed by atoms with Crippen molar-refractivity contribution in [2.75, 3.05) is 55.4 Å². The number of ether oxygens (including phenoxy) is 5. The van der Waals surface area contributed by atoms with E-state index in [1.807, 2.05) is 102 Å². The highest BCUT2D eigenvalue weighted by Crippen LogP contribution is 2.40. The van der Waals surface area contributed by atoms with E-state index in [-0.39, 0.29) is 33.0 Å². The number of aromatic nitrogens is 7. The predicted octanol–water partition coefficient (Wildman–Crippen LogP) is 16.8. The lowest BCUT2D eigenvalue weighted by molar-refractivity contribution is 0.0594. The second-order valence-corrected chi connectivity index (χ2v) is 27.6. The molecule has 522 valence electrons. The Morgan fingerprint density at radius 3 is 1.34 bits per heavy atom. The smallest absolute Gasteiger partial charge is 0.238 e. The molecule has 3 aliphatic rings. The van der Waals surface area contributed by atoms with Crippen molar-refractivity contribution < 1.29 is 38.2 Å².